The van der Waals surface area contributed by atoms with Crippen molar-refractivity contribution in [1.82, 2.24) is 5.32 Å². The fourth-order valence-corrected chi connectivity index (χ4v) is 2.36. The van der Waals surface area contributed by atoms with Crippen LogP contribution in [-0.4, -0.2) is 36.1 Å². The van der Waals surface area contributed by atoms with Crippen LogP contribution in [0, 0.1) is 10.1 Å². The van der Waals surface area contributed by atoms with Crippen LogP contribution >= 0.6 is 0 Å². The molecular formula is C19H20N2O6. The van der Waals surface area contributed by atoms with Crippen LogP contribution in [0.25, 0.3) is 0 Å². The Morgan fingerprint density at radius 2 is 1.89 bits per heavy atom. The van der Waals surface area contributed by atoms with Gasteiger partial charge in [0.15, 0.2) is 6.61 Å². The van der Waals surface area contributed by atoms with Crippen LogP contribution in [0.4, 0.5) is 5.69 Å². The van der Waals surface area contributed by atoms with Crippen LogP contribution in [0.5, 0.6) is 5.75 Å². The summed E-state index contributed by atoms with van der Waals surface area (Å²) in [7, 11) is 0. The van der Waals surface area contributed by atoms with Gasteiger partial charge in [-0.3, -0.25) is 14.9 Å². The highest BCUT2D eigenvalue weighted by atomic mass is 16.6. The molecule has 2 rings (SSSR count). The molecule has 0 aliphatic rings. The Bertz CT molecular complexity index is 794. The molecule has 0 fully saturated rings. The van der Waals surface area contributed by atoms with E-state index >= 15 is 0 Å². The summed E-state index contributed by atoms with van der Waals surface area (Å²) in [5, 5.41) is 13.4. The maximum Gasteiger partial charge on any atom is 0.328 e. The first-order chi connectivity index (χ1) is 13.0. The van der Waals surface area contributed by atoms with Crippen molar-refractivity contribution in [2.24, 2.45) is 0 Å². The van der Waals surface area contributed by atoms with Gasteiger partial charge < -0.3 is 14.8 Å². The third-order valence-electron chi connectivity index (χ3n) is 3.59. The first-order valence-corrected chi connectivity index (χ1v) is 8.36. The molecule has 0 aliphatic carbocycles. The van der Waals surface area contributed by atoms with Crippen molar-refractivity contribution in [2.45, 2.75) is 19.4 Å². The normalized spacial score (nSPS) is 11.3. The molecule has 142 valence electrons. The minimum Gasteiger partial charge on any atom is -0.484 e. The lowest BCUT2D eigenvalue weighted by Gasteiger charge is -2.17. The highest BCUT2D eigenvalue weighted by Gasteiger charge is 2.22. The summed E-state index contributed by atoms with van der Waals surface area (Å²) in [4.78, 5) is 34.5. The fourth-order valence-electron chi connectivity index (χ4n) is 2.36. The average molecular weight is 372 g/mol. The number of nitrogens with zero attached hydrogens (tertiary/aromatic N) is 1. The molecule has 0 spiro atoms. The van der Waals surface area contributed by atoms with Gasteiger partial charge in [-0.25, -0.2) is 4.79 Å². The van der Waals surface area contributed by atoms with Crippen LogP contribution in [0.1, 0.15) is 12.5 Å². The van der Waals surface area contributed by atoms with E-state index in [1.54, 1.807) is 6.92 Å². The lowest BCUT2D eigenvalue weighted by molar-refractivity contribution is -0.384. The minimum atomic E-state index is -0.853. The summed E-state index contributed by atoms with van der Waals surface area (Å²) in [6.07, 6.45) is 0.280. The highest BCUT2D eigenvalue weighted by Crippen LogP contribution is 2.18. The van der Waals surface area contributed by atoms with E-state index in [4.69, 9.17) is 9.47 Å². The number of rotatable bonds is 9. The molecule has 0 aromatic heterocycles. The highest BCUT2D eigenvalue weighted by molar-refractivity contribution is 5.85. The van der Waals surface area contributed by atoms with E-state index in [0.29, 0.717) is 0 Å². The maximum atomic E-state index is 12.2. The molecule has 8 heteroatoms. The number of amides is 1. The van der Waals surface area contributed by atoms with Crippen molar-refractivity contribution in [3.05, 3.63) is 70.3 Å². The predicted octanol–water partition coefficient (Wildman–Crippen LogP) is 2.26. The summed E-state index contributed by atoms with van der Waals surface area (Å²) >= 11 is 0. The van der Waals surface area contributed by atoms with Gasteiger partial charge in [0.05, 0.1) is 17.6 Å². The second-order valence-electron chi connectivity index (χ2n) is 5.61. The van der Waals surface area contributed by atoms with Crippen LogP contribution in [0.2, 0.25) is 0 Å². The molecule has 0 radical (unpaired) electrons. The number of carbonyl (C=O) groups is 2. The van der Waals surface area contributed by atoms with Crippen LogP contribution in [0.15, 0.2) is 54.6 Å². The fraction of sp³-hybridized carbons (Fsp3) is 0.263. The van der Waals surface area contributed by atoms with E-state index in [1.165, 1.54) is 24.3 Å². The Kier molecular flexibility index (Phi) is 7.30. The molecule has 0 saturated heterocycles. The van der Waals surface area contributed by atoms with Gasteiger partial charge in [-0.05, 0) is 18.6 Å². The number of carbonyl (C=O) groups excluding carboxylic acids is 2. The van der Waals surface area contributed by atoms with E-state index < -0.39 is 22.8 Å². The Balaban J connectivity index is 1.97. The molecule has 27 heavy (non-hydrogen) atoms. The summed E-state index contributed by atoms with van der Waals surface area (Å²) in [6, 6.07) is 13.9. The van der Waals surface area contributed by atoms with Gasteiger partial charge in [-0.2, -0.15) is 0 Å². The number of benzene rings is 2. The van der Waals surface area contributed by atoms with Gasteiger partial charge in [-0.15, -0.1) is 0 Å². The third kappa shape index (κ3) is 6.43. The molecule has 1 N–H and O–H groups in total. The minimum absolute atomic E-state index is 0.138. The van der Waals surface area contributed by atoms with E-state index in [1.807, 2.05) is 30.3 Å². The van der Waals surface area contributed by atoms with Crippen LogP contribution in [-0.2, 0) is 20.7 Å². The van der Waals surface area contributed by atoms with Crippen molar-refractivity contribution in [3.8, 4) is 5.75 Å². The number of esters is 1. The second kappa shape index (κ2) is 9.91. The van der Waals surface area contributed by atoms with Crippen molar-refractivity contribution in [3.63, 3.8) is 0 Å². The molecule has 0 heterocycles. The van der Waals surface area contributed by atoms with Crippen molar-refractivity contribution < 1.29 is 24.0 Å². The van der Waals surface area contributed by atoms with Crippen molar-refractivity contribution >= 4 is 17.6 Å². The number of non-ortho nitro benzene ring substituents is 1. The van der Waals surface area contributed by atoms with E-state index in [0.717, 1.165) is 5.56 Å². The second-order valence-corrected chi connectivity index (χ2v) is 5.61. The predicted molar refractivity (Wildman–Crippen MR) is 97.3 cm³/mol. The topological polar surface area (TPSA) is 108 Å². The van der Waals surface area contributed by atoms with Gasteiger partial charge in [0.25, 0.3) is 11.6 Å². The zero-order chi connectivity index (χ0) is 19.6. The molecule has 2 aromatic carbocycles. The van der Waals surface area contributed by atoms with Gasteiger partial charge in [0.1, 0.15) is 11.8 Å². The maximum absolute atomic E-state index is 12.2. The monoisotopic (exact) mass is 372 g/mol. The smallest absolute Gasteiger partial charge is 0.328 e. The van der Waals surface area contributed by atoms with Crippen molar-refractivity contribution in [1.29, 1.82) is 0 Å². The van der Waals surface area contributed by atoms with Crippen molar-refractivity contribution in [2.75, 3.05) is 13.2 Å². The Morgan fingerprint density at radius 3 is 2.56 bits per heavy atom. The number of nitrogens with one attached hydrogen (secondary N) is 1. The zero-order valence-electron chi connectivity index (χ0n) is 14.8. The molecule has 8 nitrogen and oxygen atoms in total. The van der Waals surface area contributed by atoms with E-state index in [9.17, 15) is 19.7 Å². The Labute approximate surface area is 156 Å². The third-order valence-corrected chi connectivity index (χ3v) is 3.59. The quantitative estimate of drug-likeness (QED) is 0.411. The summed E-state index contributed by atoms with van der Waals surface area (Å²) in [5.74, 6) is -0.879. The lowest BCUT2D eigenvalue weighted by Crippen LogP contribution is -2.45. The first-order valence-electron chi connectivity index (χ1n) is 8.36. The van der Waals surface area contributed by atoms with Gasteiger partial charge in [-0.1, -0.05) is 36.4 Å². The van der Waals surface area contributed by atoms with E-state index in [-0.39, 0.29) is 31.1 Å². The molecule has 1 atom stereocenters. The number of hydrogen-bond donors (Lipinski definition) is 1. The lowest BCUT2D eigenvalue weighted by atomic mass is 10.1. The van der Waals surface area contributed by atoms with E-state index in [2.05, 4.69) is 5.32 Å². The first kappa shape index (κ1) is 19.9. The summed E-state index contributed by atoms with van der Waals surface area (Å²) in [5.41, 5.74) is 0.733. The Morgan fingerprint density at radius 1 is 1.15 bits per heavy atom. The standard InChI is InChI=1S/C19H20N2O6/c1-2-26-19(23)17(11-14-7-4-3-5-8-14)20-18(22)13-27-16-10-6-9-15(12-16)21(24)25/h3-10,12,17H,2,11,13H2,1H3,(H,20,22). The van der Waals surface area contributed by atoms with Crippen LogP contribution in [0.3, 0.4) is 0 Å². The molecule has 0 bridgehead atoms. The summed E-state index contributed by atoms with van der Waals surface area (Å²) < 4.78 is 10.3. The molecule has 0 aliphatic heterocycles. The SMILES string of the molecule is CCOC(=O)C(Cc1ccccc1)NC(=O)COc1cccc([N+](=O)[O-])c1. The average Bonchev–Trinajstić information content (AvgIpc) is 2.67. The number of nitro groups is 1. The van der Waals surface area contributed by atoms with Crippen LogP contribution < -0.4 is 10.1 Å². The van der Waals surface area contributed by atoms with Gasteiger partial charge >= 0.3 is 5.97 Å². The molecule has 1 amide bonds. The molecular weight excluding hydrogens is 352 g/mol. The number of hydrogen-bond acceptors (Lipinski definition) is 6. The van der Waals surface area contributed by atoms with Gasteiger partial charge in [0.2, 0.25) is 0 Å². The Hall–Kier alpha value is -3.42. The molecule has 1 unspecified atom stereocenters. The summed E-state index contributed by atoms with van der Waals surface area (Å²) in [6.45, 7) is 1.50. The molecule has 2 aromatic rings. The zero-order valence-corrected chi connectivity index (χ0v) is 14.8. The van der Waals surface area contributed by atoms with Gasteiger partial charge in [0, 0.05) is 12.5 Å². The number of nitro benzene ring substituents is 1. The number of ether oxygens (including phenoxy) is 2. The molecule has 0 saturated carbocycles. The largest absolute Gasteiger partial charge is 0.484 e.